The van der Waals surface area contributed by atoms with Gasteiger partial charge in [0.15, 0.2) is 17.3 Å². The summed E-state index contributed by atoms with van der Waals surface area (Å²) in [5.41, 5.74) is -0.347. The molecular formula is C23H27ClN4O5. The van der Waals surface area contributed by atoms with Gasteiger partial charge in [0.05, 0.1) is 29.7 Å². The minimum Gasteiger partial charge on any atom is -0.490 e. The van der Waals surface area contributed by atoms with Crippen LogP contribution < -0.4 is 14.8 Å². The first-order valence-electron chi connectivity index (χ1n) is 11.1. The average Bonchev–Trinajstić information content (AvgIpc) is 3.14. The van der Waals surface area contributed by atoms with Crippen LogP contribution in [-0.4, -0.2) is 28.6 Å². The number of hydrogen-bond acceptors (Lipinski definition) is 8. The second-order valence-electron chi connectivity index (χ2n) is 7.99. The van der Waals surface area contributed by atoms with Crippen molar-refractivity contribution in [2.45, 2.75) is 70.8 Å². The van der Waals surface area contributed by atoms with Crippen molar-refractivity contribution < 1.29 is 23.6 Å². The van der Waals surface area contributed by atoms with Crippen LogP contribution in [0.3, 0.4) is 0 Å². The monoisotopic (exact) mass is 474 g/mol. The van der Waals surface area contributed by atoms with Crippen LogP contribution in [0.2, 0.25) is 5.02 Å². The molecule has 3 rings (SSSR count). The van der Waals surface area contributed by atoms with Gasteiger partial charge in [0.25, 0.3) is 0 Å². The van der Waals surface area contributed by atoms with Gasteiger partial charge < -0.3 is 19.3 Å². The second kappa shape index (κ2) is 11.1. The van der Waals surface area contributed by atoms with Gasteiger partial charge in [-0.1, -0.05) is 42.4 Å². The molecule has 1 saturated carbocycles. The lowest BCUT2D eigenvalue weighted by Crippen LogP contribution is -2.45. The highest BCUT2D eigenvalue weighted by atomic mass is 35.5. The SMILES string of the molecule is CCOc1cc(C#N)cc(Cl)c1OC(=O)CCc1nc(C2(NC(C)=O)CCCCCC2)no1. The number of amides is 1. The topological polar surface area (TPSA) is 127 Å². The lowest BCUT2D eigenvalue weighted by molar-refractivity contribution is -0.134. The van der Waals surface area contributed by atoms with Crippen molar-refractivity contribution in [2.24, 2.45) is 0 Å². The first-order valence-corrected chi connectivity index (χ1v) is 11.4. The molecule has 2 aromatic rings. The molecule has 0 radical (unpaired) electrons. The Morgan fingerprint density at radius 1 is 1.27 bits per heavy atom. The van der Waals surface area contributed by atoms with Crippen LogP contribution in [0.15, 0.2) is 16.7 Å². The van der Waals surface area contributed by atoms with Crippen molar-refractivity contribution >= 4 is 23.5 Å². The van der Waals surface area contributed by atoms with E-state index in [1.165, 1.54) is 19.1 Å². The summed E-state index contributed by atoms with van der Waals surface area (Å²) < 4.78 is 16.2. The molecule has 10 heteroatoms. The maximum Gasteiger partial charge on any atom is 0.311 e. The molecule has 0 unspecified atom stereocenters. The molecule has 1 aliphatic rings. The number of carbonyl (C=O) groups excluding carboxylic acids is 2. The highest BCUT2D eigenvalue weighted by Gasteiger charge is 2.38. The van der Waals surface area contributed by atoms with Gasteiger partial charge in [0.2, 0.25) is 11.8 Å². The molecule has 1 N–H and O–H groups in total. The first-order chi connectivity index (χ1) is 15.9. The van der Waals surface area contributed by atoms with Crippen molar-refractivity contribution in [3.8, 4) is 17.6 Å². The maximum absolute atomic E-state index is 12.5. The van der Waals surface area contributed by atoms with Gasteiger partial charge in [-0.15, -0.1) is 0 Å². The lowest BCUT2D eigenvalue weighted by atomic mass is 9.89. The quantitative estimate of drug-likeness (QED) is 0.342. The van der Waals surface area contributed by atoms with Crippen LogP contribution in [0.1, 0.15) is 76.1 Å². The van der Waals surface area contributed by atoms with E-state index >= 15 is 0 Å². The molecule has 1 aromatic carbocycles. The Morgan fingerprint density at radius 3 is 2.64 bits per heavy atom. The predicted octanol–water partition coefficient (Wildman–Crippen LogP) is 4.22. The van der Waals surface area contributed by atoms with Gasteiger partial charge in [0, 0.05) is 19.4 Å². The van der Waals surface area contributed by atoms with Crippen LogP contribution >= 0.6 is 11.6 Å². The van der Waals surface area contributed by atoms with E-state index in [2.05, 4.69) is 15.5 Å². The fraction of sp³-hybridized carbons (Fsp3) is 0.522. The van der Waals surface area contributed by atoms with E-state index in [-0.39, 0.29) is 41.2 Å². The van der Waals surface area contributed by atoms with E-state index in [0.717, 1.165) is 38.5 Å². The van der Waals surface area contributed by atoms with Gasteiger partial charge in [-0.25, -0.2) is 0 Å². The Bertz CT molecular complexity index is 1040. The molecule has 176 valence electrons. The van der Waals surface area contributed by atoms with E-state index in [1.54, 1.807) is 6.92 Å². The van der Waals surface area contributed by atoms with Crippen molar-refractivity contribution in [3.05, 3.63) is 34.4 Å². The number of nitrogens with zero attached hydrogens (tertiary/aromatic N) is 3. The molecule has 33 heavy (non-hydrogen) atoms. The summed E-state index contributed by atoms with van der Waals surface area (Å²) in [7, 11) is 0. The third-order valence-corrected chi connectivity index (χ3v) is 5.75. The van der Waals surface area contributed by atoms with E-state index in [4.69, 9.17) is 30.9 Å². The number of benzene rings is 1. The van der Waals surface area contributed by atoms with Crippen molar-refractivity contribution in [2.75, 3.05) is 6.61 Å². The van der Waals surface area contributed by atoms with Gasteiger partial charge in [0.1, 0.15) is 5.54 Å². The van der Waals surface area contributed by atoms with Crippen LogP contribution in [0, 0.1) is 11.3 Å². The summed E-state index contributed by atoms with van der Waals surface area (Å²) >= 11 is 6.19. The fourth-order valence-corrected chi connectivity index (χ4v) is 4.24. The Kier molecular flexibility index (Phi) is 8.28. The zero-order chi connectivity index (χ0) is 23.8. The molecule has 0 atom stereocenters. The molecule has 0 bridgehead atoms. The van der Waals surface area contributed by atoms with Crippen molar-refractivity contribution in [1.29, 1.82) is 5.26 Å². The molecule has 1 amide bonds. The molecule has 0 spiro atoms. The van der Waals surface area contributed by atoms with Crippen LogP contribution in [0.5, 0.6) is 11.5 Å². The Balaban J connectivity index is 1.68. The molecule has 1 aromatic heterocycles. The van der Waals surface area contributed by atoms with Crippen LogP contribution in [0.4, 0.5) is 0 Å². The number of aromatic nitrogens is 2. The number of aryl methyl sites for hydroxylation is 1. The highest BCUT2D eigenvalue weighted by molar-refractivity contribution is 6.32. The summed E-state index contributed by atoms with van der Waals surface area (Å²) in [6, 6.07) is 4.86. The molecule has 1 aliphatic carbocycles. The summed E-state index contributed by atoms with van der Waals surface area (Å²) in [4.78, 5) is 28.8. The number of halogens is 1. The van der Waals surface area contributed by atoms with Gasteiger partial charge in [-0.3, -0.25) is 9.59 Å². The molecular weight excluding hydrogens is 448 g/mol. The normalized spacial score (nSPS) is 15.2. The number of nitrogens with one attached hydrogen (secondary N) is 1. The summed E-state index contributed by atoms with van der Waals surface area (Å²) in [5.74, 6) is 0.311. The third-order valence-electron chi connectivity index (χ3n) is 5.47. The average molecular weight is 475 g/mol. The second-order valence-corrected chi connectivity index (χ2v) is 8.40. The van der Waals surface area contributed by atoms with E-state index < -0.39 is 11.5 Å². The molecule has 1 fully saturated rings. The fourth-order valence-electron chi connectivity index (χ4n) is 3.99. The number of ether oxygens (including phenoxy) is 2. The number of esters is 1. The molecule has 0 aliphatic heterocycles. The van der Waals surface area contributed by atoms with E-state index in [0.29, 0.717) is 18.0 Å². The van der Waals surface area contributed by atoms with Crippen LogP contribution in [0.25, 0.3) is 0 Å². The Morgan fingerprint density at radius 2 is 2.00 bits per heavy atom. The summed E-state index contributed by atoms with van der Waals surface area (Å²) in [5, 5.41) is 16.4. The standard InChI is InChI=1S/C23H27ClN4O5/c1-3-31-18-13-16(14-25)12-17(24)21(18)32-20(30)9-8-19-26-22(28-33-19)23(27-15(2)29)10-6-4-5-7-11-23/h12-13H,3-11H2,1-2H3,(H,27,29). The summed E-state index contributed by atoms with van der Waals surface area (Å²) in [6.07, 6.45) is 5.74. The molecule has 0 saturated heterocycles. The first kappa shape index (κ1) is 24.5. The smallest absolute Gasteiger partial charge is 0.311 e. The zero-order valence-corrected chi connectivity index (χ0v) is 19.5. The third kappa shape index (κ3) is 6.23. The minimum absolute atomic E-state index is 0.0311. The van der Waals surface area contributed by atoms with Gasteiger partial charge in [-0.05, 0) is 25.8 Å². The van der Waals surface area contributed by atoms with Crippen LogP contribution in [-0.2, 0) is 21.5 Å². The molecule has 9 nitrogen and oxygen atoms in total. The number of rotatable bonds is 8. The zero-order valence-electron chi connectivity index (χ0n) is 18.8. The highest BCUT2D eigenvalue weighted by Crippen LogP contribution is 2.37. The van der Waals surface area contributed by atoms with Crippen molar-refractivity contribution in [1.82, 2.24) is 15.5 Å². The number of carbonyl (C=O) groups is 2. The predicted molar refractivity (Wildman–Crippen MR) is 119 cm³/mol. The Labute approximate surface area is 197 Å². The lowest BCUT2D eigenvalue weighted by Gasteiger charge is -2.30. The Hall–Kier alpha value is -3.12. The van der Waals surface area contributed by atoms with Gasteiger partial charge >= 0.3 is 5.97 Å². The molecule has 1 heterocycles. The van der Waals surface area contributed by atoms with E-state index in [1.807, 2.05) is 6.07 Å². The maximum atomic E-state index is 12.5. The van der Waals surface area contributed by atoms with Crippen molar-refractivity contribution in [3.63, 3.8) is 0 Å². The largest absolute Gasteiger partial charge is 0.490 e. The minimum atomic E-state index is -0.646. The summed E-state index contributed by atoms with van der Waals surface area (Å²) in [6.45, 7) is 3.57. The van der Waals surface area contributed by atoms with Gasteiger partial charge in [-0.2, -0.15) is 10.2 Å². The number of hydrogen-bond donors (Lipinski definition) is 1. The van der Waals surface area contributed by atoms with E-state index in [9.17, 15) is 9.59 Å². The number of nitriles is 1.